The Morgan fingerprint density at radius 1 is 0.692 bits per heavy atom. The lowest BCUT2D eigenvalue weighted by Gasteiger charge is -2.09. The van der Waals surface area contributed by atoms with Crippen LogP contribution in [0.4, 0.5) is 0 Å². The number of carbonyl (C=O) groups is 2. The van der Waals surface area contributed by atoms with Crippen molar-refractivity contribution in [1.29, 1.82) is 0 Å². The second-order valence-corrected chi connectivity index (χ2v) is 5.94. The van der Waals surface area contributed by atoms with Crippen LogP contribution in [0.1, 0.15) is 31.8 Å². The lowest BCUT2D eigenvalue weighted by atomic mass is 10.1. The molecule has 0 aromatic heterocycles. The van der Waals surface area contributed by atoms with Crippen molar-refractivity contribution in [2.45, 2.75) is 13.8 Å². The summed E-state index contributed by atoms with van der Waals surface area (Å²) in [6.07, 6.45) is 0. The minimum absolute atomic E-state index is 0.363. The number of rotatable bonds is 4. The van der Waals surface area contributed by atoms with Crippen molar-refractivity contribution in [2.24, 2.45) is 0 Å². The van der Waals surface area contributed by atoms with Gasteiger partial charge in [0.05, 0.1) is 11.1 Å². The molecule has 0 unspecified atom stereocenters. The molecule has 0 radical (unpaired) electrons. The van der Waals surface area contributed by atoms with Crippen LogP contribution in [0.15, 0.2) is 72.8 Å². The second-order valence-electron chi connectivity index (χ2n) is 5.94. The highest BCUT2D eigenvalue weighted by Crippen LogP contribution is 2.21. The van der Waals surface area contributed by atoms with Gasteiger partial charge in [-0.1, -0.05) is 35.9 Å². The molecule has 0 aliphatic heterocycles. The van der Waals surface area contributed by atoms with Gasteiger partial charge in [-0.15, -0.1) is 0 Å². The quantitative estimate of drug-likeness (QED) is 0.506. The summed E-state index contributed by atoms with van der Waals surface area (Å²) in [5, 5.41) is 0. The maximum atomic E-state index is 12.3. The fourth-order valence-corrected chi connectivity index (χ4v) is 2.47. The summed E-state index contributed by atoms with van der Waals surface area (Å²) in [5.41, 5.74) is 2.84. The van der Waals surface area contributed by atoms with Crippen LogP contribution < -0.4 is 9.47 Å². The van der Waals surface area contributed by atoms with E-state index in [1.807, 2.05) is 32.0 Å². The third kappa shape index (κ3) is 4.16. The van der Waals surface area contributed by atoms with Gasteiger partial charge in [0.1, 0.15) is 11.5 Å². The van der Waals surface area contributed by atoms with Crippen LogP contribution in [-0.4, -0.2) is 11.9 Å². The molecule has 3 aromatic carbocycles. The first-order valence-electron chi connectivity index (χ1n) is 8.19. The van der Waals surface area contributed by atoms with Crippen molar-refractivity contribution in [2.75, 3.05) is 0 Å². The van der Waals surface area contributed by atoms with E-state index in [0.717, 1.165) is 11.1 Å². The Morgan fingerprint density at radius 3 is 1.96 bits per heavy atom. The third-order valence-corrected chi connectivity index (χ3v) is 3.84. The van der Waals surface area contributed by atoms with Crippen molar-refractivity contribution < 1.29 is 19.1 Å². The molecule has 3 aromatic rings. The number of esters is 2. The summed E-state index contributed by atoms with van der Waals surface area (Å²) in [4.78, 5) is 24.3. The van der Waals surface area contributed by atoms with Crippen LogP contribution in [0.3, 0.4) is 0 Å². The summed E-state index contributed by atoms with van der Waals surface area (Å²) < 4.78 is 10.7. The number of hydrogen-bond acceptors (Lipinski definition) is 4. The van der Waals surface area contributed by atoms with Gasteiger partial charge in [0, 0.05) is 0 Å². The minimum atomic E-state index is -0.460. The Bertz CT molecular complexity index is 928. The average Bonchev–Trinajstić information content (AvgIpc) is 2.65. The minimum Gasteiger partial charge on any atom is -0.423 e. The normalized spacial score (nSPS) is 10.2. The van der Waals surface area contributed by atoms with Crippen LogP contribution in [0.2, 0.25) is 0 Å². The smallest absolute Gasteiger partial charge is 0.343 e. The zero-order valence-electron chi connectivity index (χ0n) is 14.6. The number of carbonyl (C=O) groups excluding carboxylic acids is 2. The average molecular weight is 346 g/mol. The molecule has 0 saturated heterocycles. The molecule has 4 nitrogen and oxygen atoms in total. The monoisotopic (exact) mass is 346 g/mol. The van der Waals surface area contributed by atoms with E-state index < -0.39 is 11.9 Å². The first kappa shape index (κ1) is 17.4. The largest absolute Gasteiger partial charge is 0.423 e. The zero-order valence-corrected chi connectivity index (χ0v) is 14.6. The molecule has 0 heterocycles. The first-order valence-corrected chi connectivity index (χ1v) is 8.19. The summed E-state index contributed by atoms with van der Waals surface area (Å²) in [6, 6.07) is 20.6. The lowest BCUT2D eigenvalue weighted by Crippen LogP contribution is -2.10. The molecule has 0 aliphatic carbocycles. The molecule has 26 heavy (non-hydrogen) atoms. The first-order chi connectivity index (χ1) is 12.5. The van der Waals surface area contributed by atoms with Crippen molar-refractivity contribution in [3.05, 3.63) is 95.1 Å². The molecule has 130 valence electrons. The molecule has 0 fully saturated rings. The summed E-state index contributed by atoms with van der Waals surface area (Å²) >= 11 is 0. The van der Waals surface area contributed by atoms with Gasteiger partial charge in [0.15, 0.2) is 0 Å². The van der Waals surface area contributed by atoms with E-state index in [1.165, 1.54) is 0 Å². The Morgan fingerprint density at radius 2 is 1.31 bits per heavy atom. The molecule has 0 spiro atoms. The van der Waals surface area contributed by atoms with E-state index in [1.54, 1.807) is 54.6 Å². The molecule has 0 aliphatic rings. The third-order valence-electron chi connectivity index (χ3n) is 3.84. The van der Waals surface area contributed by atoms with Gasteiger partial charge in [-0.25, -0.2) is 9.59 Å². The highest BCUT2D eigenvalue weighted by Gasteiger charge is 2.12. The Balaban J connectivity index is 1.67. The van der Waals surface area contributed by atoms with Crippen molar-refractivity contribution in [3.63, 3.8) is 0 Å². The number of ether oxygens (including phenoxy) is 2. The maximum Gasteiger partial charge on any atom is 0.343 e. The predicted molar refractivity (Wildman–Crippen MR) is 98.7 cm³/mol. The highest BCUT2D eigenvalue weighted by molar-refractivity contribution is 5.92. The molecule has 0 amide bonds. The van der Waals surface area contributed by atoms with Crippen molar-refractivity contribution in [3.8, 4) is 11.5 Å². The van der Waals surface area contributed by atoms with Crippen LogP contribution in [-0.2, 0) is 0 Å². The van der Waals surface area contributed by atoms with Crippen LogP contribution in [0, 0.1) is 13.8 Å². The van der Waals surface area contributed by atoms with Gasteiger partial charge in [-0.3, -0.25) is 0 Å². The molecule has 0 atom stereocenters. The summed E-state index contributed by atoms with van der Waals surface area (Å²) in [6.45, 7) is 3.87. The number of benzene rings is 3. The number of hydrogen-bond donors (Lipinski definition) is 0. The van der Waals surface area contributed by atoms with Gasteiger partial charge in [0.2, 0.25) is 0 Å². The van der Waals surface area contributed by atoms with E-state index in [0.29, 0.717) is 22.6 Å². The van der Waals surface area contributed by atoms with E-state index >= 15 is 0 Å². The lowest BCUT2D eigenvalue weighted by molar-refractivity contribution is 0.0729. The van der Waals surface area contributed by atoms with E-state index in [9.17, 15) is 9.59 Å². The molecule has 4 heteroatoms. The topological polar surface area (TPSA) is 52.6 Å². The van der Waals surface area contributed by atoms with E-state index in [4.69, 9.17) is 9.47 Å². The number of aryl methyl sites for hydroxylation is 2. The summed E-state index contributed by atoms with van der Waals surface area (Å²) in [7, 11) is 0. The Hall–Kier alpha value is -3.40. The van der Waals surface area contributed by atoms with Gasteiger partial charge >= 0.3 is 11.9 Å². The van der Waals surface area contributed by atoms with E-state index in [2.05, 4.69) is 0 Å². The van der Waals surface area contributed by atoms with Crippen LogP contribution in [0.25, 0.3) is 0 Å². The van der Waals surface area contributed by atoms with Gasteiger partial charge in [-0.05, 0) is 61.9 Å². The molecule has 0 N–H and O–H groups in total. The maximum absolute atomic E-state index is 12.3. The fraction of sp³-hybridized carbons (Fsp3) is 0.0909. The molecular formula is C22H18O4. The second kappa shape index (κ2) is 7.66. The molecular weight excluding hydrogens is 328 g/mol. The zero-order chi connectivity index (χ0) is 18.5. The molecule has 3 rings (SSSR count). The van der Waals surface area contributed by atoms with Crippen LogP contribution in [0.5, 0.6) is 11.5 Å². The fourth-order valence-electron chi connectivity index (χ4n) is 2.47. The predicted octanol–water partition coefficient (Wildman–Crippen LogP) is 4.74. The molecule has 0 saturated carbocycles. The summed E-state index contributed by atoms with van der Waals surface area (Å²) in [5.74, 6) is -0.0174. The van der Waals surface area contributed by atoms with Gasteiger partial charge < -0.3 is 9.47 Å². The molecule has 0 bridgehead atoms. The highest BCUT2D eigenvalue weighted by atomic mass is 16.5. The van der Waals surface area contributed by atoms with Gasteiger partial charge in [0.25, 0.3) is 0 Å². The standard InChI is InChI=1S/C22H18O4/c1-15-8-13-20(16(2)14-15)26-22(24)18-9-11-19(12-10-18)25-21(23)17-6-4-3-5-7-17/h3-14H,1-2H3. The Kier molecular flexibility index (Phi) is 5.13. The Labute approximate surface area is 152 Å². The van der Waals surface area contributed by atoms with Crippen molar-refractivity contribution >= 4 is 11.9 Å². The van der Waals surface area contributed by atoms with E-state index in [-0.39, 0.29) is 0 Å². The van der Waals surface area contributed by atoms with Crippen LogP contribution >= 0.6 is 0 Å². The SMILES string of the molecule is Cc1ccc(OC(=O)c2ccc(OC(=O)c3ccccc3)cc2)c(C)c1. The van der Waals surface area contributed by atoms with Crippen molar-refractivity contribution in [1.82, 2.24) is 0 Å². The van der Waals surface area contributed by atoms with Gasteiger partial charge in [-0.2, -0.15) is 0 Å².